The number of hydrogen-bond donors (Lipinski definition) is 1. The number of nitrogens with zero attached hydrogens (tertiary/aromatic N) is 1. The fourth-order valence-electron chi connectivity index (χ4n) is 2.91. The average molecular weight is 456 g/mol. The molecule has 2 aromatic rings. The van der Waals surface area contributed by atoms with E-state index in [0.29, 0.717) is 21.5 Å². The highest BCUT2D eigenvalue weighted by Gasteiger charge is 2.26. The maximum Gasteiger partial charge on any atom is 0.242 e. The van der Waals surface area contributed by atoms with Gasteiger partial charge in [-0.2, -0.15) is 0 Å². The van der Waals surface area contributed by atoms with Crippen LogP contribution in [-0.2, 0) is 22.6 Å². The summed E-state index contributed by atoms with van der Waals surface area (Å²) in [7, 11) is 0. The zero-order chi connectivity index (χ0) is 21.6. The van der Waals surface area contributed by atoms with Gasteiger partial charge in [0.1, 0.15) is 6.04 Å². The molecule has 2 rings (SSSR count). The van der Waals surface area contributed by atoms with Crippen molar-refractivity contribution in [2.24, 2.45) is 0 Å². The molecule has 0 spiro atoms. The molecule has 7 heteroatoms. The maximum atomic E-state index is 13.1. The Labute approximate surface area is 187 Å². The van der Waals surface area contributed by atoms with Gasteiger partial charge in [-0.25, -0.2) is 0 Å². The first-order valence-electron chi connectivity index (χ1n) is 9.46. The van der Waals surface area contributed by atoms with Crippen LogP contribution in [0.15, 0.2) is 42.5 Å². The summed E-state index contributed by atoms with van der Waals surface area (Å²) < 4.78 is 0. The minimum atomic E-state index is -0.634. The van der Waals surface area contributed by atoms with Gasteiger partial charge in [-0.3, -0.25) is 9.59 Å². The van der Waals surface area contributed by atoms with Crippen molar-refractivity contribution in [2.45, 2.75) is 52.2 Å². The van der Waals surface area contributed by atoms with Crippen LogP contribution in [-0.4, -0.2) is 28.8 Å². The zero-order valence-corrected chi connectivity index (χ0v) is 19.0. The predicted molar refractivity (Wildman–Crippen MR) is 120 cm³/mol. The van der Waals surface area contributed by atoms with Crippen LogP contribution in [0.3, 0.4) is 0 Å². The Morgan fingerprint density at radius 1 is 0.966 bits per heavy atom. The Hall–Kier alpha value is -1.75. The molecule has 0 fully saturated rings. The average Bonchev–Trinajstić information content (AvgIpc) is 2.67. The van der Waals surface area contributed by atoms with Crippen LogP contribution < -0.4 is 5.32 Å². The molecule has 0 saturated heterocycles. The Bertz CT molecular complexity index is 871. The highest BCUT2D eigenvalue weighted by atomic mass is 35.5. The number of rotatable bonds is 8. The van der Waals surface area contributed by atoms with E-state index in [1.165, 1.54) is 0 Å². The van der Waals surface area contributed by atoms with Crippen molar-refractivity contribution in [3.63, 3.8) is 0 Å². The first-order chi connectivity index (χ1) is 13.7. The van der Waals surface area contributed by atoms with Gasteiger partial charge in [-0.15, -0.1) is 0 Å². The van der Waals surface area contributed by atoms with Gasteiger partial charge in [0.05, 0.1) is 10.0 Å². The van der Waals surface area contributed by atoms with Gasteiger partial charge >= 0.3 is 0 Å². The van der Waals surface area contributed by atoms with E-state index in [1.54, 1.807) is 36.1 Å². The normalized spacial score (nSPS) is 12.0. The Morgan fingerprint density at radius 2 is 1.66 bits per heavy atom. The highest BCUT2D eigenvalue weighted by Crippen LogP contribution is 2.24. The van der Waals surface area contributed by atoms with Crippen LogP contribution in [0.25, 0.3) is 0 Å². The first-order valence-corrected chi connectivity index (χ1v) is 10.6. The number of benzene rings is 2. The Morgan fingerprint density at radius 3 is 2.28 bits per heavy atom. The van der Waals surface area contributed by atoms with E-state index >= 15 is 0 Å². The summed E-state index contributed by atoms with van der Waals surface area (Å²) in [5.41, 5.74) is 1.70. The van der Waals surface area contributed by atoms with E-state index in [9.17, 15) is 9.59 Å². The van der Waals surface area contributed by atoms with Gasteiger partial charge in [-0.05, 0) is 56.5 Å². The van der Waals surface area contributed by atoms with Gasteiger partial charge in [0, 0.05) is 24.0 Å². The third-order valence-corrected chi connectivity index (χ3v) is 5.61. The lowest BCUT2D eigenvalue weighted by Gasteiger charge is -2.29. The smallest absolute Gasteiger partial charge is 0.242 e. The van der Waals surface area contributed by atoms with Crippen molar-refractivity contribution in [1.29, 1.82) is 0 Å². The minimum absolute atomic E-state index is 0.0185. The topological polar surface area (TPSA) is 49.4 Å². The maximum absolute atomic E-state index is 13.1. The molecule has 0 saturated carbocycles. The molecular formula is C22H25Cl3N2O2. The van der Waals surface area contributed by atoms with Crippen LogP contribution in [0.2, 0.25) is 15.1 Å². The third kappa shape index (κ3) is 6.91. The number of amides is 2. The second-order valence-electron chi connectivity index (χ2n) is 7.20. The van der Waals surface area contributed by atoms with Gasteiger partial charge in [-0.1, -0.05) is 59.1 Å². The number of carbonyl (C=O) groups is 2. The van der Waals surface area contributed by atoms with Crippen LogP contribution in [0, 0.1) is 0 Å². The molecule has 0 aliphatic rings. The largest absolute Gasteiger partial charge is 0.352 e. The number of halogens is 3. The van der Waals surface area contributed by atoms with Crippen molar-refractivity contribution < 1.29 is 9.59 Å². The van der Waals surface area contributed by atoms with E-state index in [4.69, 9.17) is 34.8 Å². The van der Waals surface area contributed by atoms with Crippen LogP contribution in [0.5, 0.6) is 0 Å². The standard InChI is InChI=1S/C22H25Cl3N2O2/c1-14(2)26-22(29)15(3)27(13-16-8-10-19(24)20(25)12-16)21(28)11-9-17-6-4-5-7-18(17)23/h4-8,10,12,14-15H,9,11,13H2,1-3H3,(H,26,29)/t15-/m1/s1. The molecule has 1 atom stereocenters. The lowest BCUT2D eigenvalue weighted by molar-refractivity contribution is -0.140. The molecule has 0 heterocycles. The molecule has 4 nitrogen and oxygen atoms in total. The molecular weight excluding hydrogens is 431 g/mol. The Balaban J connectivity index is 2.20. The number of nitrogens with one attached hydrogen (secondary N) is 1. The van der Waals surface area contributed by atoms with Crippen molar-refractivity contribution >= 4 is 46.6 Å². The van der Waals surface area contributed by atoms with Gasteiger partial charge in [0.15, 0.2) is 0 Å². The van der Waals surface area contributed by atoms with E-state index in [-0.39, 0.29) is 30.8 Å². The number of aryl methyl sites for hydroxylation is 1. The summed E-state index contributed by atoms with van der Waals surface area (Å²) >= 11 is 18.3. The Kier molecular flexibility index (Phi) is 8.81. The monoisotopic (exact) mass is 454 g/mol. The van der Waals surface area contributed by atoms with Crippen molar-refractivity contribution in [3.05, 3.63) is 68.7 Å². The zero-order valence-electron chi connectivity index (χ0n) is 16.7. The number of carbonyl (C=O) groups excluding carboxylic acids is 2. The molecule has 1 N–H and O–H groups in total. The van der Waals surface area contributed by atoms with Crippen molar-refractivity contribution in [1.82, 2.24) is 10.2 Å². The third-order valence-electron chi connectivity index (χ3n) is 4.50. The second-order valence-corrected chi connectivity index (χ2v) is 8.42. The second kappa shape index (κ2) is 10.9. The minimum Gasteiger partial charge on any atom is -0.352 e. The van der Waals surface area contributed by atoms with E-state index in [1.807, 2.05) is 32.0 Å². The van der Waals surface area contributed by atoms with Gasteiger partial charge < -0.3 is 10.2 Å². The fraction of sp³-hybridized carbons (Fsp3) is 0.364. The fourth-order valence-corrected chi connectivity index (χ4v) is 3.46. The number of hydrogen-bond acceptors (Lipinski definition) is 2. The predicted octanol–water partition coefficient (Wildman–Crippen LogP) is 5.52. The molecule has 29 heavy (non-hydrogen) atoms. The van der Waals surface area contributed by atoms with E-state index < -0.39 is 6.04 Å². The highest BCUT2D eigenvalue weighted by molar-refractivity contribution is 6.42. The van der Waals surface area contributed by atoms with Crippen molar-refractivity contribution in [3.8, 4) is 0 Å². The molecule has 2 amide bonds. The molecule has 0 aromatic heterocycles. The van der Waals surface area contributed by atoms with Crippen LogP contribution in [0.1, 0.15) is 38.3 Å². The van der Waals surface area contributed by atoms with Crippen LogP contribution >= 0.6 is 34.8 Å². The first kappa shape index (κ1) is 23.5. The van der Waals surface area contributed by atoms with E-state index in [0.717, 1.165) is 11.1 Å². The molecule has 0 unspecified atom stereocenters. The van der Waals surface area contributed by atoms with Gasteiger partial charge in [0.2, 0.25) is 11.8 Å². The molecule has 0 bridgehead atoms. The molecule has 156 valence electrons. The molecule has 0 aliphatic heterocycles. The lowest BCUT2D eigenvalue weighted by atomic mass is 10.1. The van der Waals surface area contributed by atoms with Gasteiger partial charge in [0.25, 0.3) is 0 Å². The van der Waals surface area contributed by atoms with E-state index in [2.05, 4.69) is 5.32 Å². The SMILES string of the molecule is CC(C)NC(=O)[C@@H](C)N(Cc1ccc(Cl)c(Cl)c1)C(=O)CCc1ccccc1Cl. The summed E-state index contributed by atoms with van der Waals surface area (Å²) in [6.45, 7) is 5.74. The van der Waals surface area contributed by atoms with Crippen molar-refractivity contribution in [2.75, 3.05) is 0 Å². The summed E-state index contributed by atoms with van der Waals surface area (Å²) in [6, 6.07) is 12.0. The lowest BCUT2D eigenvalue weighted by Crippen LogP contribution is -2.49. The summed E-state index contributed by atoms with van der Waals surface area (Å²) in [5, 5.41) is 4.34. The van der Waals surface area contributed by atoms with Crippen LogP contribution in [0.4, 0.5) is 0 Å². The molecule has 0 radical (unpaired) electrons. The summed E-state index contributed by atoms with van der Waals surface area (Å²) in [6.07, 6.45) is 0.735. The quantitative estimate of drug-likeness (QED) is 0.569. The molecule has 2 aromatic carbocycles. The molecule has 0 aliphatic carbocycles. The summed E-state index contributed by atoms with van der Waals surface area (Å²) in [5.74, 6) is -0.339. The summed E-state index contributed by atoms with van der Waals surface area (Å²) in [4.78, 5) is 27.2.